The molecule has 0 fully saturated rings. The second kappa shape index (κ2) is 7.01. The van der Waals surface area contributed by atoms with Gasteiger partial charge >= 0.3 is 6.03 Å². The number of benzene rings is 1. The van der Waals surface area contributed by atoms with Crippen molar-refractivity contribution in [1.29, 1.82) is 0 Å². The van der Waals surface area contributed by atoms with Crippen molar-refractivity contribution >= 4 is 23.7 Å². The molecular weight excluding hydrogens is 330 g/mol. The maximum absolute atomic E-state index is 11.6. The van der Waals surface area contributed by atoms with Crippen LogP contribution in [-0.2, 0) is 4.79 Å². The highest BCUT2D eigenvalue weighted by atomic mass is 32.2. The molecule has 2 aromatic heterocycles. The van der Waals surface area contributed by atoms with Gasteiger partial charge in [0.05, 0.1) is 12.0 Å². The molecular formula is C15H13N5O3S. The molecule has 0 aliphatic carbocycles. The monoisotopic (exact) mass is 343 g/mol. The summed E-state index contributed by atoms with van der Waals surface area (Å²) >= 11 is 1.14. The summed E-state index contributed by atoms with van der Waals surface area (Å²) in [4.78, 5) is 22.3. The number of thioether (sulfide) groups is 1. The Balaban J connectivity index is 1.92. The molecule has 3 N–H and O–H groups in total. The Morgan fingerprint density at radius 3 is 2.62 bits per heavy atom. The predicted octanol–water partition coefficient (Wildman–Crippen LogP) is 1.81. The maximum Gasteiger partial charge on any atom is 0.318 e. The zero-order valence-corrected chi connectivity index (χ0v) is 13.2. The topological polar surface area (TPSA) is 116 Å². The summed E-state index contributed by atoms with van der Waals surface area (Å²) in [5.74, 6) is 0.546. The molecule has 122 valence electrons. The van der Waals surface area contributed by atoms with E-state index in [2.05, 4.69) is 10.2 Å². The Morgan fingerprint density at radius 2 is 1.96 bits per heavy atom. The zero-order valence-electron chi connectivity index (χ0n) is 12.4. The summed E-state index contributed by atoms with van der Waals surface area (Å²) in [5.41, 5.74) is 5.75. The first-order chi connectivity index (χ1) is 11.6. The summed E-state index contributed by atoms with van der Waals surface area (Å²) in [6.07, 6.45) is 1.55. The second-order valence-electron chi connectivity index (χ2n) is 4.66. The Kier molecular flexibility index (Phi) is 4.62. The first-order valence-electron chi connectivity index (χ1n) is 6.92. The third-order valence-corrected chi connectivity index (χ3v) is 3.91. The van der Waals surface area contributed by atoms with Gasteiger partial charge in [0.2, 0.25) is 11.7 Å². The number of amides is 3. The number of hydrogen-bond donors (Lipinski definition) is 2. The third kappa shape index (κ3) is 3.46. The van der Waals surface area contributed by atoms with Gasteiger partial charge in [0.25, 0.3) is 0 Å². The van der Waals surface area contributed by atoms with Gasteiger partial charge in [-0.1, -0.05) is 30.0 Å². The largest absolute Gasteiger partial charge is 0.461 e. The van der Waals surface area contributed by atoms with Crippen LogP contribution in [0.15, 0.2) is 58.3 Å². The van der Waals surface area contributed by atoms with E-state index in [4.69, 9.17) is 10.2 Å². The smallest absolute Gasteiger partial charge is 0.318 e. The number of hydrogen-bond acceptors (Lipinski definition) is 6. The van der Waals surface area contributed by atoms with Crippen LogP contribution in [0.5, 0.6) is 0 Å². The van der Waals surface area contributed by atoms with Crippen molar-refractivity contribution in [2.75, 3.05) is 5.75 Å². The van der Waals surface area contributed by atoms with Gasteiger partial charge in [-0.15, -0.1) is 10.2 Å². The molecule has 0 unspecified atom stereocenters. The minimum Gasteiger partial charge on any atom is -0.461 e. The molecule has 0 saturated heterocycles. The molecule has 8 nitrogen and oxygen atoms in total. The predicted molar refractivity (Wildman–Crippen MR) is 87.5 cm³/mol. The lowest BCUT2D eigenvalue weighted by molar-refractivity contribution is -0.117. The molecule has 3 rings (SSSR count). The van der Waals surface area contributed by atoms with E-state index in [0.717, 1.165) is 17.4 Å². The highest BCUT2D eigenvalue weighted by Gasteiger charge is 2.18. The van der Waals surface area contributed by atoms with Crippen LogP contribution >= 0.6 is 11.8 Å². The van der Waals surface area contributed by atoms with Crippen molar-refractivity contribution in [2.45, 2.75) is 5.16 Å². The van der Waals surface area contributed by atoms with Crippen LogP contribution < -0.4 is 11.1 Å². The van der Waals surface area contributed by atoms with E-state index in [1.54, 1.807) is 23.0 Å². The molecule has 3 aromatic rings. The summed E-state index contributed by atoms with van der Waals surface area (Å²) in [6.45, 7) is 0. The highest BCUT2D eigenvalue weighted by Crippen LogP contribution is 2.27. The second-order valence-corrected chi connectivity index (χ2v) is 5.60. The minimum atomic E-state index is -0.888. The molecule has 0 atom stereocenters. The van der Waals surface area contributed by atoms with Gasteiger partial charge in [-0.2, -0.15) is 0 Å². The highest BCUT2D eigenvalue weighted by molar-refractivity contribution is 7.99. The number of nitrogens with two attached hydrogens (primary N) is 1. The van der Waals surface area contributed by atoms with Crippen LogP contribution in [0, 0.1) is 0 Å². The summed E-state index contributed by atoms with van der Waals surface area (Å²) < 4.78 is 7.18. The van der Waals surface area contributed by atoms with E-state index in [1.165, 1.54) is 0 Å². The van der Waals surface area contributed by atoms with Crippen LogP contribution in [0.1, 0.15) is 0 Å². The van der Waals surface area contributed by atoms with Crippen LogP contribution in [0.25, 0.3) is 17.3 Å². The van der Waals surface area contributed by atoms with E-state index in [1.807, 2.05) is 35.6 Å². The Hall–Kier alpha value is -3.07. The van der Waals surface area contributed by atoms with Crippen LogP contribution in [0.3, 0.4) is 0 Å². The van der Waals surface area contributed by atoms with Gasteiger partial charge in [-0.25, -0.2) is 4.79 Å². The number of para-hydroxylation sites is 1. The number of rotatable bonds is 5. The average Bonchev–Trinajstić information content (AvgIpc) is 3.22. The fraction of sp³-hybridized carbons (Fsp3) is 0.0667. The van der Waals surface area contributed by atoms with E-state index in [9.17, 15) is 9.59 Å². The van der Waals surface area contributed by atoms with Crippen LogP contribution in [0.4, 0.5) is 4.79 Å². The van der Waals surface area contributed by atoms with Crippen molar-refractivity contribution < 1.29 is 14.0 Å². The van der Waals surface area contributed by atoms with E-state index in [0.29, 0.717) is 16.7 Å². The summed E-state index contributed by atoms with van der Waals surface area (Å²) in [5, 5.41) is 10.8. The Bertz CT molecular complexity index is 845. The Labute approximate surface area is 141 Å². The van der Waals surface area contributed by atoms with Crippen molar-refractivity contribution in [3.63, 3.8) is 0 Å². The number of furan rings is 1. The molecule has 24 heavy (non-hydrogen) atoms. The molecule has 0 radical (unpaired) electrons. The summed E-state index contributed by atoms with van der Waals surface area (Å²) in [6, 6.07) is 12.1. The third-order valence-electron chi connectivity index (χ3n) is 2.98. The number of imide groups is 1. The van der Waals surface area contributed by atoms with E-state index in [-0.39, 0.29) is 5.75 Å². The molecule has 0 aliphatic heterocycles. The number of nitrogens with zero attached hydrogens (tertiary/aromatic N) is 3. The maximum atomic E-state index is 11.6. The van der Waals surface area contributed by atoms with E-state index >= 15 is 0 Å². The molecule has 3 amide bonds. The first kappa shape index (κ1) is 15.8. The first-order valence-corrected chi connectivity index (χ1v) is 7.90. The molecule has 0 spiro atoms. The van der Waals surface area contributed by atoms with Gasteiger partial charge < -0.3 is 10.2 Å². The van der Waals surface area contributed by atoms with Crippen molar-refractivity contribution in [3.05, 3.63) is 48.7 Å². The lowest BCUT2D eigenvalue weighted by atomic mass is 10.3. The fourth-order valence-electron chi connectivity index (χ4n) is 2.04. The van der Waals surface area contributed by atoms with E-state index < -0.39 is 11.9 Å². The number of carbonyl (C=O) groups is 2. The number of primary amides is 1. The van der Waals surface area contributed by atoms with Gasteiger partial charge in [-0.3, -0.25) is 14.7 Å². The molecule has 0 saturated carbocycles. The lowest BCUT2D eigenvalue weighted by Gasteiger charge is -2.08. The number of aromatic nitrogens is 3. The summed E-state index contributed by atoms with van der Waals surface area (Å²) in [7, 11) is 0. The van der Waals surface area contributed by atoms with Crippen molar-refractivity contribution in [2.24, 2.45) is 5.73 Å². The molecule has 1 aromatic carbocycles. The van der Waals surface area contributed by atoms with Crippen LogP contribution in [0.2, 0.25) is 0 Å². The quantitative estimate of drug-likeness (QED) is 0.683. The van der Waals surface area contributed by atoms with Gasteiger partial charge in [0, 0.05) is 5.69 Å². The molecule has 0 bridgehead atoms. The van der Waals surface area contributed by atoms with Gasteiger partial charge in [0.1, 0.15) is 0 Å². The zero-order chi connectivity index (χ0) is 16.9. The van der Waals surface area contributed by atoms with Crippen molar-refractivity contribution in [1.82, 2.24) is 20.1 Å². The minimum absolute atomic E-state index is 0.0218. The molecule has 9 heteroatoms. The molecule has 0 aliphatic rings. The lowest BCUT2D eigenvalue weighted by Crippen LogP contribution is -2.36. The van der Waals surface area contributed by atoms with Gasteiger partial charge in [-0.05, 0) is 24.3 Å². The standard InChI is InChI=1S/C15H13N5O3S/c16-14(22)17-12(21)9-24-15-19-18-13(11-7-4-8-23-11)20(15)10-5-2-1-3-6-10/h1-8H,9H2,(H3,16,17,21,22). The number of carbonyl (C=O) groups excluding carboxylic acids is 2. The SMILES string of the molecule is NC(=O)NC(=O)CSc1nnc(-c2ccco2)n1-c1ccccc1. The van der Waals surface area contributed by atoms with Gasteiger partial charge in [0.15, 0.2) is 10.9 Å². The Morgan fingerprint density at radius 1 is 1.17 bits per heavy atom. The van der Waals surface area contributed by atoms with Crippen LogP contribution in [-0.4, -0.2) is 32.5 Å². The fourth-order valence-corrected chi connectivity index (χ4v) is 2.79. The number of urea groups is 1. The normalized spacial score (nSPS) is 10.5. The van der Waals surface area contributed by atoms with Crippen molar-refractivity contribution in [3.8, 4) is 17.3 Å². The average molecular weight is 343 g/mol. The molecule has 2 heterocycles. The number of nitrogens with one attached hydrogen (secondary N) is 1.